The summed E-state index contributed by atoms with van der Waals surface area (Å²) >= 11 is 0. The first-order chi connectivity index (χ1) is 12.0. The first-order valence-corrected chi connectivity index (χ1v) is 8.70. The van der Waals surface area contributed by atoms with E-state index >= 15 is 0 Å². The van der Waals surface area contributed by atoms with Crippen molar-refractivity contribution >= 4 is 28.1 Å². The van der Waals surface area contributed by atoms with Crippen molar-refractivity contribution in [3.8, 4) is 0 Å². The molecular weight excluding hydrogens is 316 g/mol. The second-order valence-corrected chi connectivity index (χ2v) is 6.56. The highest BCUT2D eigenvalue weighted by atomic mass is 16.5. The highest BCUT2D eigenvalue weighted by molar-refractivity contribution is 5.99. The lowest BCUT2D eigenvalue weighted by atomic mass is 9.98. The Hall–Kier alpha value is -2.40. The van der Waals surface area contributed by atoms with Crippen LogP contribution in [0.3, 0.4) is 0 Å². The zero-order valence-electron chi connectivity index (χ0n) is 14.7. The molecule has 1 aromatic carbocycles. The molecule has 132 valence electrons. The van der Waals surface area contributed by atoms with Crippen LogP contribution in [-0.2, 0) is 9.53 Å². The Morgan fingerprint density at radius 3 is 2.92 bits per heavy atom. The molecule has 0 saturated carbocycles. The molecule has 0 radical (unpaired) electrons. The second kappa shape index (κ2) is 7.23. The Labute approximate surface area is 147 Å². The number of pyridine rings is 1. The number of carboxylic acid groups (broad SMARTS) is 1. The number of aromatic nitrogens is 1. The van der Waals surface area contributed by atoms with Gasteiger partial charge in [0.15, 0.2) is 6.10 Å². The fraction of sp³-hybridized carbons (Fsp3) is 0.400. The Balaban J connectivity index is 2.04. The number of rotatable bonds is 5. The van der Waals surface area contributed by atoms with Crippen LogP contribution in [0.15, 0.2) is 37.0 Å². The summed E-state index contributed by atoms with van der Waals surface area (Å²) in [5.41, 5.74) is 4.07. The number of carboxylic acids is 1. The largest absolute Gasteiger partial charge is 0.479 e. The van der Waals surface area contributed by atoms with E-state index in [-0.39, 0.29) is 6.10 Å². The lowest BCUT2D eigenvalue weighted by molar-refractivity contribution is -0.154. The first-order valence-electron chi connectivity index (χ1n) is 8.70. The monoisotopic (exact) mass is 340 g/mol. The molecule has 2 unspecified atom stereocenters. The Morgan fingerprint density at radius 1 is 1.40 bits per heavy atom. The van der Waals surface area contributed by atoms with Crippen molar-refractivity contribution in [1.82, 2.24) is 4.98 Å². The average molecular weight is 340 g/mol. The Bertz CT molecular complexity index is 803. The van der Waals surface area contributed by atoms with Crippen LogP contribution in [0.25, 0.3) is 16.5 Å². The molecule has 0 bridgehead atoms. The number of allylic oxidation sites excluding steroid dienone is 1. The number of nitrogens with zero attached hydrogens (tertiary/aromatic N) is 2. The molecule has 2 heterocycles. The molecule has 2 atom stereocenters. The molecule has 3 rings (SSSR count). The summed E-state index contributed by atoms with van der Waals surface area (Å²) in [5, 5.41) is 10.4. The molecule has 1 aliphatic rings. The summed E-state index contributed by atoms with van der Waals surface area (Å²) in [4.78, 5) is 18.0. The first kappa shape index (κ1) is 17.4. The number of morpholine rings is 1. The maximum atomic E-state index is 11.4. The van der Waals surface area contributed by atoms with E-state index in [1.165, 1.54) is 0 Å². The van der Waals surface area contributed by atoms with E-state index in [1.807, 2.05) is 19.1 Å². The molecule has 1 aliphatic heterocycles. The minimum atomic E-state index is -0.924. The number of aliphatic carboxylic acids is 1. The van der Waals surface area contributed by atoms with Crippen LogP contribution in [0.4, 0.5) is 5.69 Å². The Morgan fingerprint density at radius 2 is 2.20 bits per heavy atom. The summed E-state index contributed by atoms with van der Waals surface area (Å²) < 4.78 is 5.53. The molecular formula is C20H24N2O3. The van der Waals surface area contributed by atoms with Gasteiger partial charge in [0.2, 0.25) is 0 Å². The molecule has 1 fully saturated rings. The van der Waals surface area contributed by atoms with E-state index in [9.17, 15) is 9.90 Å². The van der Waals surface area contributed by atoms with Gasteiger partial charge in [0.05, 0.1) is 18.2 Å². The quantitative estimate of drug-likeness (QED) is 0.898. The maximum Gasteiger partial charge on any atom is 0.334 e. The van der Waals surface area contributed by atoms with Gasteiger partial charge in [-0.05, 0) is 37.1 Å². The van der Waals surface area contributed by atoms with Crippen LogP contribution in [0.2, 0.25) is 0 Å². The van der Waals surface area contributed by atoms with Crippen molar-refractivity contribution in [2.45, 2.75) is 38.9 Å². The summed E-state index contributed by atoms with van der Waals surface area (Å²) in [7, 11) is 0. The maximum absolute atomic E-state index is 11.4. The molecule has 5 heteroatoms. The van der Waals surface area contributed by atoms with Gasteiger partial charge in [-0.15, -0.1) is 0 Å². The van der Waals surface area contributed by atoms with E-state index in [0.29, 0.717) is 13.1 Å². The number of carbonyl (C=O) groups is 1. The SMILES string of the molecule is C=C(CCC)c1ccc(N2CC(C)OC(C(=O)O)C2)c2cccnc12. The van der Waals surface area contributed by atoms with Gasteiger partial charge in [0.25, 0.3) is 0 Å². The van der Waals surface area contributed by atoms with Crippen LogP contribution in [-0.4, -0.2) is 41.4 Å². The topological polar surface area (TPSA) is 62.7 Å². The number of fused-ring (bicyclic) bond motifs is 1. The summed E-state index contributed by atoms with van der Waals surface area (Å²) in [5.74, 6) is -0.924. The number of benzene rings is 1. The smallest absolute Gasteiger partial charge is 0.334 e. The third-order valence-electron chi connectivity index (χ3n) is 4.56. The van der Waals surface area contributed by atoms with Crippen molar-refractivity contribution in [2.24, 2.45) is 0 Å². The molecule has 25 heavy (non-hydrogen) atoms. The van der Waals surface area contributed by atoms with Crippen LogP contribution in [0, 0.1) is 0 Å². The van der Waals surface area contributed by atoms with E-state index in [0.717, 1.165) is 40.6 Å². The van der Waals surface area contributed by atoms with Gasteiger partial charge in [-0.1, -0.05) is 26.0 Å². The predicted octanol–water partition coefficient (Wildman–Crippen LogP) is 3.73. The van der Waals surface area contributed by atoms with E-state index in [2.05, 4.69) is 35.5 Å². The van der Waals surface area contributed by atoms with Crippen LogP contribution < -0.4 is 4.90 Å². The third-order valence-corrected chi connectivity index (χ3v) is 4.56. The molecule has 1 N–H and O–H groups in total. The highest BCUT2D eigenvalue weighted by Gasteiger charge is 2.31. The fourth-order valence-corrected chi connectivity index (χ4v) is 3.44. The van der Waals surface area contributed by atoms with E-state index in [4.69, 9.17) is 4.74 Å². The lowest BCUT2D eigenvalue weighted by Crippen LogP contribution is -2.49. The molecule has 0 aliphatic carbocycles. The van der Waals surface area contributed by atoms with Crippen molar-refractivity contribution in [2.75, 3.05) is 18.0 Å². The zero-order valence-corrected chi connectivity index (χ0v) is 14.7. The number of ether oxygens (including phenoxy) is 1. The highest BCUT2D eigenvalue weighted by Crippen LogP contribution is 2.33. The van der Waals surface area contributed by atoms with Gasteiger partial charge in [-0.2, -0.15) is 0 Å². The molecule has 0 spiro atoms. The van der Waals surface area contributed by atoms with Crippen LogP contribution >= 0.6 is 0 Å². The van der Waals surface area contributed by atoms with Gasteiger partial charge in [-0.3, -0.25) is 4.98 Å². The van der Waals surface area contributed by atoms with Crippen molar-refractivity contribution < 1.29 is 14.6 Å². The average Bonchev–Trinajstić information content (AvgIpc) is 2.60. The second-order valence-electron chi connectivity index (χ2n) is 6.56. The summed E-state index contributed by atoms with van der Waals surface area (Å²) in [6.45, 7) is 9.23. The lowest BCUT2D eigenvalue weighted by Gasteiger charge is -2.37. The van der Waals surface area contributed by atoms with Crippen molar-refractivity contribution in [1.29, 1.82) is 0 Å². The van der Waals surface area contributed by atoms with Gasteiger partial charge in [0.1, 0.15) is 0 Å². The normalized spacial score (nSPS) is 20.6. The number of anilines is 1. The van der Waals surface area contributed by atoms with Crippen LogP contribution in [0.5, 0.6) is 0 Å². The Kier molecular flexibility index (Phi) is 5.04. The van der Waals surface area contributed by atoms with Gasteiger partial charge >= 0.3 is 5.97 Å². The fourth-order valence-electron chi connectivity index (χ4n) is 3.44. The number of hydrogen-bond acceptors (Lipinski definition) is 4. The summed E-state index contributed by atoms with van der Waals surface area (Å²) in [6, 6.07) is 8.06. The molecule has 2 aromatic rings. The molecule has 1 saturated heterocycles. The molecule has 0 amide bonds. The standard InChI is InChI=1S/C20H24N2O3/c1-4-6-13(2)15-8-9-17(16-7-5-10-21-19(15)16)22-11-14(3)25-18(12-22)20(23)24/h5,7-10,14,18H,2,4,6,11-12H2,1,3H3,(H,23,24). The van der Waals surface area contributed by atoms with Gasteiger partial charge in [0, 0.05) is 29.4 Å². The zero-order chi connectivity index (χ0) is 18.0. The van der Waals surface area contributed by atoms with Gasteiger partial charge < -0.3 is 14.7 Å². The third kappa shape index (κ3) is 3.51. The minimum Gasteiger partial charge on any atom is -0.479 e. The molecule has 1 aromatic heterocycles. The van der Waals surface area contributed by atoms with Crippen molar-refractivity contribution in [3.05, 3.63) is 42.6 Å². The predicted molar refractivity (Wildman–Crippen MR) is 99.9 cm³/mol. The minimum absolute atomic E-state index is 0.142. The summed E-state index contributed by atoms with van der Waals surface area (Å²) in [6.07, 6.45) is 2.80. The van der Waals surface area contributed by atoms with Gasteiger partial charge in [-0.25, -0.2) is 4.79 Å². The van der Waals surface area contributed by atoms with Crippen LogP contribution in [0.1, 0.15) is 32.3 Å². The van der Waals surface area contributed by atoms with E-state index in [1.54, 1.807) is 6.20 Å². The number of hydrogen-bond donors (Lipinski definition) is 1. The van der Waals surface area contributed by atoms with Crippen molar-refractivity contribution in [3.63, 3.8) is 0 Å². The molecule has 5 nitrogen and oxygen atoms in total. The van der Waals surface area contributed by atoms with E-state index < -0.39 is 12.1 Å².